The van der Waals surface area contributed by atoms with Crippen molar-refractivity contribution in [1.29, 1.82) is 0 Å². The zero-order valence-electron chi connectivity index (χ0n) is 24.3. The lowest BCUT2D eigenvalue weighted by Gasteiger charge is -2.41. The number of amides is 1. The number of piperazine rings is 1. The summed E-state index contributed by atoms with van der Waals surface area (Å²) >= 11 is 6.55. The Labute approximate surface area is 254 Å². The highest BCUT2D eigenvalue weighted by Gasteiger charge is 2.27. The molecule has 3 aliphatic heterocycles. The summed E-state index contributed by atoms with van der Waals surface area (Å²) in [5.74, 6) is 0.852. The predicted molar refractivity (Wildman–Crippen MR) is 170 cm³/mol. The van der Waals surface area contributed by atoms with Gasteiger partial charge in [-0.25, -0.2) is 9.97 Å². The van der Waals surface area contributed by atoms with Crippen LogP contribution in [0.5, 0.6) is 0 Å². The number of nitrogens with zero attached hydrogens (tertiary/aromatic N) is 5. The van der Waals surface area contributed by atoms with Gasteiger partial charge in [0.05, 0.1) is 16.9 Å². The van der Waals surface area contributed by atoms with E-state index in [0.717, 1.165) is 100 Å². The van der Waals surface area contributed by atoms with Gasteiger partial charge in [-0.1, -0.05) is 60.1 Å². The second kappa shape index (κ2) is 14.0. The van der Waals surface area contributed by atoms with Crippen molar-refractivity contribution < 1.29 is 4.79 Å². The average molecular weight is 588 g/mol. The van der Waals surface area contributed by atoms with E-state index < -0.39 is 0 Å². The molecule has 2 N–H and O–H groups in total. The number of aromatic nitrogens is 2. The lowest BCUT2D eigenvalue weighted by atomic mass is 10.0. The summed E-state index contributed by atoms with van der Waals surface area (Å²) < 4.78 is 0. The summed E-state index contributed by atoms with van der Waals surface area (Å²) in [4.78, 5) is 29.4. The molecule has 1 amide bonds. The highest BCUT2D eigenvalue weighted by atomic mass is 35.5. The summed E-state index contributed by atoms with van der Waals surface area (Å²) in [6, 6.07) is 19.5. The number of likely N-dealkylation sites (tertiary alicyclic amines) is 1. The smallest absolute Gasteiger partial charge is 0.223 e. The molecule has 222 valence electrons. The van der Waals surface area contributed by atoms with Gasteiger partial charge in [-0.3, -0.25) is 9.69 Å². The van der Waals surface area contributed by atoms with E-state index in [2.05, 4.69) is 49.7 Å². The molecular formula is C33H42ClN7O. The molecule has 2 aromatic carbocycles. The number of rotatable bonds is 8. The molecule has 0 unspecified atom stereocenters. The van der Waals surface area contributed by atoms with Crippen molar-refractivity contribution in [3.8, 4) is 22.4 Å². The van der Waals surface area contributed by atoms with Gasteiger partial charge >= 0.3 is 0 Å². The van der Waals surface area contributed by atoms with E-state index in [1.54, 1.807) is 6.20 Å². The van der Waals surface area contributed by atoms with Gasteiger partial charge in [0, 0.05) is 69.9 Å². The molecule has 0 saturated carbocycles. The van der Waals surface area contributed by atoms with Gasteiger partial charge in [-0.05, 0) is 56.0 Å². The van der Waals surface area contributed by atoms with Crippen LogP contribution in [-0.4, -0.2) is 102 Å². The fourth-order valence-corrected chi connectivity index (χ4v) is 6.71. The Morgan fingerprint density at radius 1 is 0.881 bits per heavy atom. The highest BCUT2D eigenvalue weighted by molar-refractivity contribution is 6.32. The molecule has 4 heterocycles. The van der Waals surface area contributed by atoms with Crippen molar-refractivity contribution in [2.75, 3.05) is 64.2 Å². The first-order chi connectivity index (χ1) is 20.6. The Kier molecular flexibility index (Phi) is 9.65. The molecule has 3 aliphatic rings. The molecular weight excluding hydrogens is 546 g/mol. The number of anilines is 1. The number of halogens is 1. The lowest BCUT2D eigenvalue weighted by Crippen LogP contribution is -2.53. The molecule has 0 spiro atoms. The van der Waals surface area contributed by atoms with Crippen LogP contribution in [0.3, 0.4) is 0 Å². The van der Waals surface area contributed by atoms with Gasteiger partial charge in [-0.2, -0.15) is 0 Å². The van der Waals surface area contributed by atoms with Gasteiger partial charge in [0.15, 0.2) is 0 Å². The van der Waals surface area contributed by atoms with Gasteiger partial charge in [-0.15, -0.1) is 0 Å². The predicted octanol–water partition coefficient (Wildman–Crippen LogP) is 4.63. The van der Waals surface area contributed by atoms with Crippen LogP contribution in [-0.2, 0) is 4.79 Å². The highest BCUT2D eigenvalue weighted by Crippen LogP contribution is 2.30. The van der Waals surface area contributed by atoms with Crippen molar-refractivity contribution in [1.82, 2.24) is 30.0 Å². The summed E-state index contributed by atoms with van der Waals surface area (Å²) in [7, 11) is 0. The number of nitrogens with one attached hydrogen (secondary N) is 2. The second-order valence-corrected chi connectivity index (χ2v) is 12.2. The van der Waals surface area contributed by atoms with E-state index in [1.165, 1.54) is 12.8 Å². The minimum atomic E-state index is 0.224. The number of hydrogen-bond acceptors (Lipinski definition) is 7. The number of carbonyl (C=O) groups is 1. The van der Waals surface area contributed by atoms with Gasteiger partial charge in [0.2, 0.25) is 11.9 Å². The van der Waals surface area contributed by atoms with E-state index in [4.69, 9.17) is 16.6 Å². The number of hydrogen-bond donors (Lipinski definition) is 2. The summed E-state index contributed by atoms with van der Waals surface area (Å²) in [6.45, 7) is 9.08. The maximum absolute atomic E-state index is 13.0. The SMILES string of the molecule is O=C(CCN1CCN(C2CCNCC2)CC1)N1CCC(Nc2ncc(Cl)c(-c3cccc(-c4ccccc4)c3)n2)CC1. The first-order valence-corrected chi connectivity index (χ1v) is 15.9. The molecule has 3 aromatic rings. The topological polar surface area (TPSA) is 76.6 Å². The largest absolute Gasteiger partial charge is 0.351 e. The normalized spacial score (nSPS) is 19.6. The summed E-state index contributed by atoms with van der Waals surface area (Å²) in [5.41, 5.74) is 3.95. The zero-order chi connectivity index (χ0) is 28.7. The Balaban J connectivity index is 0.969. The Bertz CT molecular complexity index is 1320. The molecule has 3 saturated heterocycles. The third-order valence-electron chi connectivity index (χ3n) is 9.04. The van der Waals surface area contributed by atoms with Gasteiger partial charge < -0.3 is 20.4 Å². The lowest BCUT2D eigenvalue weighted by molar-refractivity contribution is -0.132. The fraction of sp³-hybridized carbons (Fsp3) is 0.485. The average Bonchev–Trinajstić information content (AvgIpc) is 3.06. The number of carbonyl (C=O) groups excluding carboxylic acids is 1. The van der Waals surface area contributed by atoms with Crippen molar-refractivity contribution in [3.05, 3.63) is 65.8 Å². The molecule has 0 bridgehead atoms. The fourth-order valence-electron chi connectivity index (χ4n) is 6.51. The quantitative estimate of drug-likeness (QED) is 0.398. The summed E-state index contributed by atoms with van der Waals surface area (Å²) in [6.07, 6.45) is 6.56. The maximum Gasteiger partial charge on any atom is 0.223 e. The molecule has 1 aromatic heterocycles. The van der Waals surface area contributed by atoms with E-state index in [0.29, 0.717) is 17.4 Å². The second-order valence-electron chi connectivity index (χ2n) is 11.7. The van der Waals surface area contributed by atoms with Crippen LogP contribution < -0.4 is 10.6 Å². The van der Waals surface area contributed by atoms with Crippen LogP contribution in [0.15, 0.2) is 60.8 Å². The Hall–Kier alpha value is -3.04. The Morgan fingerprint density at radius 3 is 2.36 bits per heavy atom. The maximum atomic E-state index is 13.0. The third kappa shape index (κ3) is 7.29. The van der Waals surface area contributed by atoms with Crippen molar-refractivity contribution >= 4 is 23.5 Å². The van der Waals surface area contributed by atoms with Crippen molar-refractivity contribution in [3.63, 3.8) is 0 Å². The molecule has 0 aliphatic carbocycles. The molecule has 9 heteroatoms. The molecule has 8 nitrogen and oxygen atoms in total. The molecule has 3 fully saturated rings. The van der Waals surface area contributed by atoms with Crippen LogP contribution in [0.25, 0.3) is 22.4 Å². The first kappa shape index (κ1) is 29.1. The third-order valence-corrected chi connectivity index (χ3v) is 9.32. The van der Waals surface area contributed by atoms with Gasteiger partial charge in [0.1, 0.15) is 0 Å². The summed E-state index contributed by atoms with van der Waals surface area (Å²) in [5, 5.41) is 7.49. The minimum absolute atomic E-state index is 0.224. The standard InChI is InChI=1S/C33H42ClN7O/c34-30-24-36-33(38-32(30)27-8-4-7-26(23-27)25-5-2-1-3-6-25)37-28-11-17-41(18-12-28)31(42)13-16-39-19-21-40(22-20-39)29-9-14-35-15-10-29/h1-8,23-24,28-29,35H,9-22H2,(H,36,37,38). The van der Waals surface area contributed by atoms with Crippen molar-refractivity contribution in [2.24, 2.45) is 0 Å². The van der Waals surface area contributed by atoms with Crippen LogP contribution in [0.2, 0.25) is 5.02 Å². The molecule has 0 radical (unpaired) electrons. The van der Waals surface area contributed by atoms with Crippen LogP contribution in [0.1, 0.15) is 32.1 Å². The van der Waals surface area contributed by atoms with E-state index in [1.807, 2.05) is 35.2 Å². The van der Waals surface area contributed by atoms with Crippen LogP contribution in [0, 0.1) is 0 Å². The molecule has 6 rings (SSSR count). The zero-order valence-corrected chi connectivity index (χ0v) is 25.1. The minimum Gasteiger partial charge on any atom is -0.351 e. The van der Waals surface area contributed by atoms with Crippen LogP contribution >= 0.6 is 11.6 Å². The first-order valence-electron chi connectivity index (χ1n) is 15.5. The number of piperidine rings is 2. The van der Waals surface area contributed by atoms with Crippen molar-refractivity contribution in [2.45, 2.75) is 44.2 Å². The van der Waals surface area contributed by atoms with E-state index in [-0.39, 0.29) is 11.9 Å². The van der Waals surface area contributed by atoms with E-state index in [9.17, 15) is 4.79 Å². The number of benzene rings is 2. The molecule has 42 heavy (non-hydrogen) atoms. The van der Waals surface area contributed by atoms with Gasteiger partial charge in [0.25, 0.3) is 0 Å². The Morgan fingerprint density at radius 2 is 1.60 bits per heavy atom. The van der Waals surface area contributed by atoms with E-state index >= 15 is 0 Å². The van der Waals surface area contributed by atoms with Crippen LogP contribution in [0.4, 0.5) is 5.95 Å². The molecule has 0 atom stereocenters. The monoisotopic (exact) mass is 587 g/mol.